The summed E-state index contributed by atoms with van der Waals surface area (Å²) in [5.74, 6) is -0.699. The molecule has 6 heteroatoms. The smallest absolute Gasteiger partial charge is 0.268 e. The van der Waals surface area contributed by atoms with Gasteiger partial charge in [-0.25, -0.2) is 4.39 Å². The van der Waals surface area contributed by atoms with Crippen molar-refractivity contribution in [3.63, 3.8) is 0 Å². The standard InChI is InChI=1S/C17H14ClFN2O2/c1-10-5-6-14(13(18)7-10)20-17(22)16-9-15(21-23-16)11-3-2-4-12(19)8-11/h2-8,16H,9H2,1H3,(H,20,22). The summed E-state index contributed by atoms with van der Waals surface area (Å²) in [5.41, 5.74) is 2.67. The highest BCUT2D eigenvalue weighted by Crippen LogP contribution is 2.24. The second-order valence-electron chi connectivity index (χ2n) is 5.32. The molecule has 1 N–H and O–H groups in total. The summed E-state index contributed by atoms with van der Waals surface area (Å²) in [7, 11) is 0. The topological polar surface area (TPSA) is 50.7 Å². The first-order chi connectivity index (χ1) is 11.0. The van der Waals surface area contributed by atoms with E-state index >= 15 is 0 Å². The number of nitrogens with zero attached hydrogens (tertiary/aromatic N) is 1. The van der Waals surface area contributed by atoms with E-state index in [1.54, 1.807) is 24.3 Å². The molecule has 0 aliphatic carbocycles. The Hall–Kier alpha value is -2.40. The lowest BCUT2D eigenvalue weighted by Gasteiger charge is -2.11. The van der Waals surface area contributed by atoms with E-state index in [1.807, 2.05) is 13.0 Å². The quantitative estimate of drug-likeness (QED) is 0.926. The molecule has 1 heterocycles. The van der Waals surface area contributed by atoms with E-state index in [4.69, 9.17) is 16.4 Å². The maximum atomic E-state index is 13.3. The van der Waals surface area contributed by atoms with Gasteiger partial charge in [0.15, 0.2) is 0 Å². The predicted octanol–water partition coefficient (Wildman–Crippen LogP) is 3.92. The second kappa shape index (κ2) is 6.38. The molecule has 0 saturated heterocycles. The van der Waals surface area contributed by atoms with Gasteiger partial charge in [-0.3, -0.25) is 4.79 Å². The summed E-state index contributed by atoms with van der Waals surface area (Å²) in [4.78, 5) is 17.4. The summed E-state index contributed by atoms with van der Waals surface area (Å²) >= 11 is 6.10. The highest BCUT2D eigenvalue weighted by Gasteiger charge is 2.29. The molecule has 4 nitrogen and oxygen atoms in total. The van der Waals surface area contributed by atoms with Crippen molar-refractivity contribution in [1.29, 1.82) is 0 Å². The van der Waals surface area contributed by atoms with Gasteiger partial charge < -0.3 is 10.2 Å². The van der Waals surface area contributed by atoms with Gasteiger partial charge in [0.2, 0.25) is 6.10 Å². The normalized spacial score (nSPS) is 16.7. The zero-order valence-corrected chi connectivity index (χ0v) is 13.1. The third-order valence-corrected chi connectivity index (χ3v) is 3.81. The van der Waals surface area contributed by atoms with Crippen molar-refractivity contribution in [3.05, 3.63) is 64.4 Å². The van der Waals surface area contributed by atoms with Crippen LogP contribution in [0.5, 0.6) is 0 Å². The summed E-state index contributed by atoms with van der Waals surface area (Å²) < 4.78 is 13.3. The monoisotopic (exact) mass is 332 g/mol. The Morgan fingerprint density at radius 3 is 2.91 bits per heavy atom. The molecule has 2 aromatic carbocycles. The molecule has 1 aliphatic rings. The van der Waals surface area contributed by atoms with Crippen LogP contribution in [0.3, 0.4) is 0 Å². The van der Waals surface area contributed by atoms with E-state index < -0.39 is 6.10 Å². The number of nitrogens with one attached hydrogen (secondary N) is 1. The Labute approximate surface area is 137 Å². The first-order valence-electron chi connectivity index (χ1n) is 7.08. The first-order valence-corrected chi connectivity index (χ1v) is 7.46. The van der Waals surface area contributed by atoms with Gasteiger partial charge in [-0.1, -0.05) is 35.0 Å². The molecule has 0 fully saturated rings. The molecule has 1 unspecified atom stereocenters. The minimum Gasteiger partial charge on any atom is -0.382 e. The maximum Gasteiger partial charge on any atom is 0.268 e. The number of aryl methyl sites for hydroxylation is 1. The van der Waals surface area contributed by atoms with Gasteiger partial charge in [0.25, 0.3) is 5.91 Å². The summed E-state index contributed by atoms with van der Waals surface area (Å²) in [5, 5.41) is 7.06. The number of carbonyl (C=O) groups is 1. The molecule has 0 aromatic heterocycles. The number of benzene rings is 2. The molecule has 2 aromatic rings. The molecular formula is C17H14ClFN2O2. The first kappa shape index (κ1) is 15.5. The lowest BCUT2D eigenvalue weighted by Crippen LogP contribution is -2.28. The summed E-state index contributed by atoms with van der Waals surface area (Å²) in [6.45, 7) is 1.91. The van der Waals surface area contributed by atoms with E-state index in [0.717, 1.165) is 5.56 Å². The van der Waals surface area contributed by atoms with Crippen LogP contribution in [0.2, 0.25) is 5.02 Å². The van der Waals surface area contributed by atoms with Crippen LogP contribution in [0.1, 0.15) is 17.5 Å². The average Bonchev–Trinajstić information content (AvgIpc) is 3.00. The number of hydrogen-bond donors (Lipinski definition) is 1. The second-order valence-corrected chi connectivity index (χ2v) is 5.73. The number of hydrogen-bond acceptors (Lipinski definition) is 3. The van der Waals surface area contributed by atoms with E-state index in [9.17, 15) is 9.18 Å². The van der Waals surface area contributed by atoms with Crippen molar-refractivity contribution in [1.82, 2.24) is 0 Å². The van der Waals surface area contributed by atoms with Crippen LogP contribution in [0, 0.1) is 12.7 Å². The minimum absolute atomic E-state index is 0.277. The number of halogens is 2. The van der Waals surface area contributed by atoms with E-state index in [2.05, 4.69) is 10.5 Å². The van der Waals surface area contributed by atoms with Crippen molar-refractivity contribution in [2.75, 3.05) is 5.32 Å². The van der Waals surface area contributed by atoms with Crippen LogP contribution < -0.4 is 5.32 Å². The predicted molar refractivity (Wildman–Crippen MR) is 87.2 cm³/mol. The van der Waals surface area contributed by atoms with Crippen molar-refractivity contribution in [2.45, 2.75) is 19.4 Å². The third-order valence-electron chi connectivity index (χ3n) is 3.50. The lowest BCUT2D eigenvalue weighted by atomic mass is 10.0. The van der Waals surface area contributed by atoms with Crippen molar-refractivity contribution < 1.29 is 14.0 Å². The van der Waals surface area contributed by atoms with Crippen molar-refractivity contribution in [3.8, 4) is 0 Å². The van der Waals surface area contributed by atoms with E-state index in [1.165, 1.54) is 12.1 Å². The maximum absolute atomic E-state index is 13.3. The van der Waals surface area contributed by atoms with Crippen molar-refractivity contribution in [2.24, 2.45) is 5.16 Å². The fourth-order valence-corrected chi connectivity index (χ4v) is 2.57. The Morgan fingerprint density at radius 1 is 1.35 bits per heavy atom. The Balaban J connectivity index is 1.67. The Bertz CT molecular complexity index is 792. The zero-order valence-electron chi connectivity index (χ0n) is 12.3. The van der Waals surface area contributed by atoms with Gasteiger partial charge in [0, 0.05) is 12.0 Å². The number of oxime groups is 1. The summed E-state index contributed by atoms with van der Waals surface area (Å²) in [6, 6.07) is 11.4. The third kappa shape index (κ3) is 3.51. The SMILES string of the molecule is Cc1ccc(NC(=O)C2CC(c3cccc(F)c3)=NO2)c(Cl)c1. The lowest BCUT2D eigenvalue weighted by molar-refractivity contribution is -0.125. The molecular weight excluding hydrogens is 319 g/mol. The van der Waals surface area contributed by atoms with Crippen LogP contribution in [0.4, 0.5) is 10.1 Å². The molecule has 1 atom stereocenters. The molecule has 118 valence electrons. The Morgan fingerprint density at radius 2 is 2.17 bits per heavy atom. The average molecular weight is 333 g/mol. The highest BCUT2D eigenvalue weighted by molar-refractivity contribution is 6.33. The molecule has 3 rings (SSSR count). The molecule has 0 radical (unpaired) electrons. The molecule has 0 spiro atoms. The molecule has 0 saturated carbocycles. The van der Waals surface area contributed by atoms with Gasteiger partial charge >= 0.3 is 0 Å². The number of carbonyl (C=O) groups excluding carboxylic acids is 1. The van der Waals surface area contributed by atoms with Crippen LogP contribution in [-0.2, 0) is 9.63 Å². The van der Waals surface area contributed by atoms with Crippen LogP contribution in [0.15, 0.2) is 47.6 Å². The highest BCUT2D eigenvalue weighted by atomic mass is 35.5. The van der Waals surface area contributed by atoms with E-state index in [-0.39, 0.29) is 18.1 Å². The van der Waals surface area contributed by atoms with Crippen molar-refractivity contribution >= 4 is 28.9 Å². The van der Waals surface area contributed by atoms with Crippen LogP contribution in [0.25, 0.3) is 0 Å². The fourth-order valence-electron chi connectivity index (χ4n) is 2.29. The van der Waals surface area contributed by atoms with Gasteiger partial charge in [0.05, 0.1) is 16.4 Å². The summed E-state index contributed by atoms with van der Waals surface area (Å²) in [6.07, 6.45) is -0.482. The van der Waals surface area contributed by atoms with Gasteiger partial charge in [0.1, 0.15) is 5.82 Å². The van der Waals surface area contributed by atoms with E-state index in [0.29, 0.717) is 22.0 Å². The van der Waals surface area contributed by atoms with Gasteiger partial charge in [-0.05, 0) is 36.8 Å². The fraction of sp³-hybridized carbons (Fsp3) is 0.176. The van der Waals surface area contributed by atoms with Crippen LogP contribution in [-0.4, -0.2) is 17.7 Å². The number of anilines is 1. The van der Waals surface area contributed by atoms with Crippen LogP contribution >= 0.6 is 11.6 Å². The molecule has 0 bridgehead atoms. The Kier molecular flexibility index (Phi) is 4.30. The molecule has 1 aliphatic heterocycles. The largest absolute Gasteiger partial charge is 0.382 e. The zero-order chi connectivity index (χ0) is 16.4. The number of rotatable bonds is 3. The van der Waals surface area contributed by atoms with Gasteiger partial charge in [-0.15, -0.1) is 0 Å². The minimum atomic E-state index is -0.759. The molecule has 23 heavy (non-hydrogen) atoms. The number of amides is 1. The van der Waals surface area contributed by atoms with Gasteiger partial charge in [-0.2, -0.15) is 0 Å². The molecule has 1 amide bonds.